The second kappa shape index (κ2) is 20.9. The summed E-state index contributed by atoms with van der Waals surface area (Å²) in [5, 5.41) is 9.43. The van der Waals surface area contributed by atoms with E-state index in [4.69, 9.17) is 11.5 Å². The van der Waals surface area contributed by atoms with Gasteiger partial charge in [0, 0.05) is 40.0 Å². The van der Waals surface area contributed by atoms with Gasteiger partial charge in [0.15, 0.2) is 0 Å². The first kappa shape index (κ1) is 30.3. The zero-order valence-corrected chi connectivity index (χ0v) is 17.5. The summed E-state index contributed by atoms with van der Waals surface area (Å²) < 4.78 is 0. The molecule has 0 rings (SSSR count). The van der Waals surface area contributed by atoms with Crippen LogP contribution in [-0.2, 0) is 0 Å². The highest BCUT2D eigenvalue weighted by Crippen LogP contribution is 1.89. The van der Waals surface area contributed by atoms with Crippen molar-refractivity contribution in [3.8, 4) is 0 Å². The minimum atomic E-state index is 0. The summed E-state index contributed by atoms with van der Waals surface area (Å²) in [7, 11) is 14.2. The molecule has 0 aliphatic carbocycles. The fourth-order valence-corrected chi connectivity index (χ4v) is 2.07. The van der Waals surface area contributed by atoms with E-state index < -0.39 is 0 Å². The molecule has 0 saturated carbocycles. The Bertz CT molecular complexity index is 245. The van der Waals surface area contributed by atoms with Crippen LogP contribution >= 0.6 is 0 Å². The van der Waals surface area contributed by atoms with Crippen molar-refractivity contribution in [3.63, 3.8) is 0 Å². The van der Waals surface area contributed by atoms with Gasteiger partial charge in [-0.2, -0.15) is 0 Å². The Morgan fingerprint density at radius 1 is 0.577 bits per heavy atom. The Morgan fingerprint density at radius 3 is 1.19 bits per heavy atom. The number of rotatable bonds is 14. The fourth-order valence-electron chi connectivity index (χ4n) is 2.07. The Kier molecular flexibility index (Phi) is 24.4. The van der Waals surface area contributed by atoms with Gasteiger partial charge in [-0.05, 0) is 49.3 Å². The summed E-state index contributed by atoms with van der Waals surface area (Å²) in [4.78, 5) is 10.7. The zero-order chi connectivity index (χ0) is 19.7. The van der Waals surface area contributed by atoms with Gasteiger partial charge in [-0.3, -0.25) is 29.8 Å². The predicted octanol–water partition coefficient (Wildman–Crippen LogP) is -2.13. The van der Waals surface area contributed by atoms with Gasteiger partial charge in [-0.15, -0.1) is 0 Å². The lowest BCUT2D eigenvalue weighted by Gasteiger charge is -2.28. The van der Waals surface area contributed by atoms with Crippen LogP contribution in [0.1, 0.15) is 7.43 Å². The van der Waals surface area contributed by atoms with Gasteiger partial charge in [0.1, 0.15) is 0 Å². The number of nitrogens with two attached hydrogens (primary N) is 2. The maximum absolute atomic E-state index is 5.37. The van der Waals surface area contributed by atoms with Crippen LogP contribution in [0, 0.1) is 0 Å². The van der Waals surface area contributed by atoms with Crippen molar-refractivity contribution in [2.24, 2.45) is 11.5 Å². The molecular weight excluding hydrogens is 332 g/mol. The first-order chi connectivity index (χ1) is 11.8. The van der Waals surface area contributed by atoms with E-state index in [2.05, 4.69) is 51.8 Å². The van der Waals surface area contributed by atoms with Crippen molar-refractivity contribution in [2.45, 2.75) is 7.43 Å². The molecule has 0 aliphatic rings. The van der Waals surface area contributed by atoms with Crippen molar-refractivity contribution in [2.75, 3.05) is 103 Å². The van der Waals surface area contributed by atoms with Crippen molar-refractivity contribution in [3.05, 3.63) is 0 Å². The molecule has 0 aromatic heterocycles. The van der Waals surface area contributed by atoms with Gasteiger partial charge < -0.3 is 22.1 Å². The van der Waals surface area contributed by atoms with E-state index in [1.54, 1.807) is 0 Å². The van der Waals surface area contributed by atoms with E-state index >= 15 is 0 Å². The molecule has 162 valence electrons. The van der Waals surface area contributed by atoms with Gasteiger partial charge in [0.2, 0.25) is 0 Å². The standard InChI is InChI=1S/C9H25N5.C6H19N5.CH4/c1-10-6-12(3)8-14(5)9-13(4)7-11-2;1-10(3-7)5-9-6-11(2)4-8;/h10-11H,6-9H2,1-5H3;9H,3-8H2,1-2H3;1H4. The highest BCUT2D eigenvalue weighted by atomic mass is 15.4. The molecule has 0 fully saturated rings. The van der Waals surface area contributed by atoms with Crippen LogP contribution in [0.15, 0.2) is 0 Å². The molecule has 7 N–H and O–H groups in total. The summed E-state index contributed by atoms with van der Waals surface area (Å²) in [6, 6.07) is 0. The molecule has 0 aromatic carbocycles. The van der Waals surface area contributed by atoms with Crippen LogP contribution in [-0.4, -0.2) is 127 Å². The average molecular weight is 381 g/mol. The number of hydrogen-bond donors (Lipinski definition) is 5. The van der Waals surface area contributed by atoms with Crippen LogP contribution in [0.2, 0.25) is 0 Å². The third-order valence-electron chi connectivity index (χ3n) is 3.21. The SMILES string of the molecule is C.CN(CN)CNCN(C)CN.CNCN(C)CN(C)CN(C)CNC. The largest absolute Gasteiger partial charge is 0.318 e. The first-order valence-electron chi connectivity index (χ1n) is 8.63. The average Bonchev–Trinajstić information content (AvgIpc) is 2.55. The van der Waals surface area contributed by atoms with Crippen molar-refractivity contribution in [1.29, 1.82) is 0 Å². The molecule has 10 nitrogen and oxygen atoms in total. The molecule has 0 aliphatic heterocycles. The third kappa shape index (κ3) is 21.6. The summed E-state index contributed by atoms with van der Waals surface area (Å²) in [6.07, 6.45) is 0. The maximum atomic E-state index is 5.37. The van der Waals surface area contributed by atoms with Crippen LogP contribution in [0.25, 0.3) is 0 Å². The minimum Gasteiger partial charge on any atom is -0.318 e. The molecule has 0 unspecified atom stereocenters. The number of hydrogen-bond acceptors (Lipinski definition) is 10. The highest BCUT2D eigenvalue weighted by Gasteiger charge is 2.04. The molecule has 0 spiro atoms. The molecule has 26 heavy (non-hydrogen) atoms. The monoisotopic (exact) mass is 380 g/mol. The molecule has 0 heterocycles. The Labute approximate surface area is 162 Å². The lowest BCUT2D eigenvalue weighted by molar-refractivity contribution is 0.112. The Balaban J connectivity index is -0.000000402. The molecule has 0 radical (unpaired) electrons. The second-order valence-electron chi connectivity index (χ2n) is 6.52. The highest BCUT2D eigenvalue weighted by molar-refractivity contribution is 4.52. The lowest BCUT2D eigenvalue weighted by atomic mass is 10.6. The number of nitrogens with zero attached hydrogens (tertiary/aromatic N) is 5. The summed E-state index contributed by atoms with van der Waals surface area (Å²) in [5.74, 6) is 0. The summed E-state index contributed by atoms with van der Waals surface area (Å²) in [5.41, 5.74) is 10.7. The van der Waals surface area contributed by atoms with Gasteiger partial charge in [0.05, 0.1) is 13.3 Å². The Morgan fingerprint density at radius 2 is 0.923 bits per heavy atom. The Hall–Kier alpha value is -0.400. The van der Waals surface area contributed by atoms with Crippen LogP contribution in [0.4, 0.5) is 0 Å². The molecule has 0 saturated heterocycles. The predicted molar refractivity (Wildman–Crippen MR) is 114 cm³/mol. The van der Waals surface area contributed by atoms with Gasteiger partial charge in [-0.25, -0.2) is 0 Å². The smallest absolute Gasteiger partial charge is 0.0523 e. The fraction of sp³-hybridized carbons (Fsp3) is 1.00. The van der Waals surface area contributed by atoms with E-state index in [0.29, 0.717) is 13.3 Å². The van der Waals surface area contributed by atoms with E-state index in [1.165, 1.54) is 0 Å². The molecule has 10 heteroatoms. The quantitative estimate of drug-likeness (QED) is 0.215. The van der Waals surface area contributed by atoms with Crippen LogP contribution in [0.5, 0.6) is 0 Å². The van der Waals surface area contributed by atoms with Gasteiger partial charge in [-0.1, -0.05) is 7.43 Å². The van der Waals surface area contributed by atoms with E-state index in [-0.39, 0.29) is 7.43 Å². The zero-order valence-electron chi connectivity index (χ0n) is 17.5. The maximum Gasteiger partial charge on any atom is 0.0523 e. The summed E-state index contributed by atoms with van der Waals surface area (Å²) in [6.45, 7) is 6.49. The second-order valence-corrected chi connectivity index (χ2v) is 6.52. The van der Waals surface area contributed by atoms with Gasteiger partial charge >= 0.3 is 0 Å². The normalized spacial score (nSPS) is 11.3. The molecule has 0 amide bonds. The molecular formula is C16H48N10. The van der Waals surface area contributed by atoms with Crippen molar-refractivity contribution < 1.29 is 0 Å². The number of nitrogens with one attached hydrogen (secondary N) is 3. The molecule has 0 aromatic rings. The topological polar surface area (TPSA) is 104 Å². The molecule has 0 bridgehead atoms. The molecule has 0 atom stereocenters. The van der Waals surface area contributed by atoms with Crippen molar-refractivity contribution >= 4 is 0 Å². The van der Waals surface area contributed by atoms with Gasteiger partial charge in [0.25, 0.3) is 0 Å². The van der Waals surface area contributed by atoms with Crippen LogP contribution in [0.3, 0.4) is 0 Å². The van der Waals surface area contributed by atoms with E-state index in [0.717, 1.165) is 40.0 Å². The van der Waals surface area contributed by atoms with Crippen LogP contribution < -0.4 is 27.4 Å². The summed E-state index contributed by atoms with van der Waals surface area (Å²) >= 11 is 0. The van der Waals surface area contributed by atoms with Crippen molar-refractivity contribution in [1.82, 2.24) is 40.4 Å². The van der Waals surface area contributed by atoms with E-state index in [1.807, 2.05) is 38.0 Å². The first-order valence-corrected chi connectivity index (χ1v) is 8.63. The minimum absolute atomic E-state index is 0. The van der Waals surface area contributed by atoms with E-state index in [9.17, 15) is 0 Å². The lowest BCUT2D eigenvalue weighted by Crippen LogP contribution is -2.43. The third-order valence-corrected chi connectivity index (χ3v) is 3.21.